The maximum atomic E-state index is 12.1. The van der Waals surface area contributed by atoms with E-state index in [1.807, 2.05) is 43.4 Å². The van der Waals surface area contributed by atoms with Crippen LogP contribution in [-0.2, 0) is 4.74 Å². The minimum atomic E-state index is -0.604. The van der Waals surface area contributed by atoms with Gasteiger partial charge in [-0.3, -0.25) is 15.4 Å². The third-order valence-electron chi connectivity index (χ3n) is 4.92. The van der Waals surface area contributed by atoms with E-state index < -0.39 is 16.6 Å². The first-order valence-corrected chi connectivity index (χ1v) is 10.8. The molecular weight excluding hydrogens is 442 g/mol. The molecule has 8 heteroatoms. The standard InChI is InChI=1S/C25H26ClN3O4/c1-25(2,3)33-24(30)28-19-11-7-17(8-12-19)23(16-5-9-18(27-4)10-6-16)21-15-20(29(31)32)13-14-22(21)26/h5-15,23,27H,1-4H3,(H,28,30). The Bertz CT molecular complexity index is 1140. The Balaban J connectivity index is 2.01. The van der Waals surface area contributed by atoms with Gasteiger partial charge in [-0.25, -0.2) is 4.79 Å². The van der Waals surface area contributed by atoms with Gasteiger partial charge in [0.2, 0.25) is 0 Å². The molecule has 0 aliphatic carbocycles. The number of ether oxygens (including phenoxy) is 1. The normalized spacial score (nSPS) is 12.0. The van der Waals surface area contributed by atoms with Crippen molar-refractivity contribution in [1.82, 2.24) is 0 Å². The van der Waals surface area contributed by atoms with Gasteiger partial charge in [0.15, 0.2) is 0 Å². The lowest BCUT2D eigenvalue weighted by atomic mass is 9.84. The molecule has 172 valence electrons. The number of rotatable bonds is 6. The van der Waals surface area contributed by atoms with Crippen molar-refractivity contribution in [2.24, 2.45) is 0 Å². The minimum Gasteiger partial charge on any atom is -0.444 e. The zero-order valence-electron chi connectivity index (χ0n) is 18.9. The van der Waals surface area contributed by atoms with Gasteiger partial charge in [-0.05, 0) is 67.8 Å². The lowest BCUT2D eigenvalue weighted by Crippen LogP contribution is -2.27. The summed E-state index contributed by atoms with van der Waals surface area (Å²) in [5, 5.41) is 17.6. The number of non-ortho nitro benzene ring substituents is 1. The van der Waals surface area contributed by atoms with Crippen molar-refractivity contribution in [3.63, 3.8) is 0 Å². The molecule has 0 aliphatic rings. The fourth-order valence-corrected chi connectivity index (χ4v) is 3.67. The highest BCUT2D eigenvalue weighted by Gasteiger charge is 2.23. The molecule has 0 spiro atoms. The maximum absolute atomic E-state index is 12.1. The van der Waals surface area contributed by atoms with E-state index >= 15 is 0 Å². The number of anilines is 2. The van der Waals surface area contributed by atoms with E-state index in [0.717, 1.165) is 16.8 Å². The summed E-state index contributed by atoms with van der Waals surface area (Å²) < 4.78 is 5.29. The molecule has 3 rings (SSSR count). The van der Waals surface area contributed by atoms with E-state index in [4.69, 9.17) is 16.3 Å². The fourth-order valence-electron chi connectivity index (χ4n) is 3.44. The largest absolute Gasteiger partial charge is 0.444 e. The summed E-state index contributed by atoms with van der Waals surface area (Å²) in [6, 6.07) is 19.5. The van der Waals surface area contributed by atoms with Crippen molar-refractivity contribution in [1.29, 1.82) is 0 Å². The van der Waals surface area contributed by atoms with Crippen LogP contribution in [0.5, 0.6) is 0 Å². The number of nitrogens with one attached hydrogen (secondary N) is 2. The van der Waals surface area contributed by atoms with Gasteiger partial charge in [0.25, 0.3) is 5.69 Å². The van der Waals surface area contributed by atoms with E-state index in [2.05, 4.69) is 10.6 Å². The Labute approximate surface area is 197 Å². The number of hydrogen-bond donors (Lipinski definition) is 2. The predicted molar refractivity (Wildman–Crippen MR) is 131 cm³/mol. The zero-order valence-corrected chi connectivity index (χ0v) is 19.6. The third-order valence-corrected chi connectivity index (χ3v) is 5.27. The molecule has 1 atom stereocenters. The van der Waals surface area contributed by atoms with Crippen LogP contribution in [0.25, 0.3) is 0 Å². The van der Waals surface area contributed by atoms with E-state index in [0.29, 0.717) is 16.3 Å². The summed E-state index contributed by atoms with van der Waals surface area (Å²) in [5.74, 6) is -0.348. The number of halogens is 1. The summed E-state index contributed by atoms with van der Waals surface area (Å²) in [7, 11) is 1.83. The van der Waals surface area contributed by atoms with Crippen molar-refractivity contribution >= 4 is 34.8 Å². The fraction of sp³-hybridized carbons (Fsp3) is 0.240. The van der Waals surface area contributed by atoms with Crippen LogP contribution in [0.1, 0.15) is 43.4 Å². The Hall–Kier alpha value is -3.58. The molecule has 33 heavy (non-hydrogen) atoms. The van der Waals surface area contributed by atoms with Gasteiger partial charge >= 0.3 is 6.09 Å². The van der Waals surface area contributed by atoms with Crippen molar-refractivity contribution < 1.29 is 14.5 Å². The molecule has 0 bridgehead atoms. The smallest absolute Gasteiger partial charge is 0.412 e. The number of amides is 1. The molecule has 0 saturated carbocycles. The van der Waals surface area contributed by atoms with Crippen LogP contribution in [-0.4, -0.2) is 23.7 Å². The highest BCUT2D eigenvalue weighted by molar-refractivity contribution is 6.31. The Morgan fingerprint density at radius 2 is 1.52 bits per heavy atom. The summed E-state index contributed by atoms with van der Waals surface area (Å²) >= 11 is 6.51. The molecule has 0 heterocycles. The number of carbonyl (C=O) groups is 1. The second-order valence-corrected chi connectivity index (χ2v) is 8.92. The first-order chi connectivity index (χ1) is 15.6. The molecule has 1 amide bonds. The van der Waals surface area contributed by atoms with Crippen LogP contribution >= 0.6 is 11.6 Å². The maximum Gasteiger partial charge on any atom is 0.412 e. The molecule has 0 saturated heterocycles. The highest BCUT2D eigenvalue weighted by Crippen LogP contribution is 2.38. The lowest BCUT2D eigenvalue weighted by molar-refractivity contribution is -0.384. The number of nitro benzene ring substituents is 1. The number of nitrogens with zero attached hydrogens (tertiary/aromatic N) is 1. The summed E-state index contributed by atoms with van der Waals surface area (Å²) in [5.41, 5.74) is 3.29. The van der Waals surface area contributed by atoms with Gasteiger partial charge in [0.1, 0.15) is 5.60 Å². The Morgan fingerprint density at radius 3 is 2.00 bits per heavy atom. The molecule has 0 aromatic heterocycles. The third kappa shape index (κ3) is 6.23. The van der Waals surface area contributed by atoms with Gasteiger partial charge in [-0.2, -0.15) is 0 Å². The summed E-state index contributed by atoms with van der Waals surface area (Å²) in [6.07, 6.45) is -0.545. The molecule has 3 aromatic carbocycles. The van der Waals surface area contributed by atoms with Crippen LogP contribution in [0.2, 0.25) is 5.02 Å². The second-order valence-electron chi connectivity index (χ2n) is 8.52. The van der Waals surface area contributed by atoms with Gasteiger partial charge in [-0.15, -0.1) is 0 Å². The molecule has 1 unspecified atom stereocenters. The minimum absolute atomic E-state index is 0.0329. The first kappa shape index (κ1) is 24.1. The molecular formula is C25H26ClN3O4. The van der Waals surface area contributed by atoms with Gasteiger partial charge < -0.3 is 10.1 Å². The van der Waals surface area contributed by atoms with Crippen LogP contribution in [0, 0.1) is 10.1 Å². The monoisotopic (exact) mass is 467 g/mol. The average Bonchev–Trinajstić information content (AvgIpc) is 2.75. The number of benzene rings is 3. The summed E-state index contributed by atoms with van der Waals surface area (Å²) in [4.78, 5) is 23.0. The van der Waals surface area contributed by atoms with E-state index in [9.17, 15) is 14.9 Å². The first-order valence-electron chi connectivity index (χ1n) is 10.4. The van der Waals surface area contributed by atoms with Crippen molar-refractivity contribution in [2.45, 2.75) is 32.3 Å². The van der Waals surface area contributed by atoms with Crippen molar-refractivity contribution in [3.8, 4) is 0 Å². The van der Waals surface area contributed by atoms with Crippen LogP contribution < -0.4 is 10.6 Å². The SMILES string of the molecule is CNc1ccc(C(c2ccc(NC(=O)OC(C)(C)C)cc2)c2cc([N+](=O)[O-])ccc2Cl)cc1. The average molecular weight is 468 g/mol. The van der Waals surface area contributed by atoms with Gasteiger partial charge in [0, 0.05) is 41.5 Å². The molecule has 7 nitrogen and oxygen atoms in total. The predicted octanol–water partition coefficient (Wildman–Crippen LogP) is 6.82. The Kier molecular flexibility index (Phi) is 7.23. The summed E-state index contributed by atoms with van der Waals surface area (Å²) in [6.45, 7) is 5.38. The van der Waals surface area contributed by atoms with Gasteiger partial charge in [-0.1, -0.05) is 35.9 Å². The van der Waals surface area contributed by atoms with Crippen LogP contribution in [0.4, 0.5) is 21.9 Å². The number of hydrogen-bond acceptors (Lipinski definition) is 5. The van der Waals surface area contributed by atoms with Crippen molar-refractivity contribution in [2.75, 3.05) is 17.7 Å². The molecule has 3 aromatic rings. The number of nitro groups is 1. The quantitative estimate of drug-likeness (QED) is 0.236. The van der Waals surface area contributed by atoms with Crippen LogP contribution in [0.3, 0.4) is 0 Å². The topological polar surface area (TPSA) is 93.5 Å². The van der Waals surface area contributed by atoms with Gasteiger partial charge in [0.05, 0.1) is 4.92 Å². The molecule has 0 radical (unpaired) electrons. The number of carbonyl (C=O) groups excluding carboxylic acids is 1. The molecule has 0 fully saturated rings. The highest BCUT2D eigenvalue weighted by atomic mass is 35.5. The molecule has 0 aliphatic heterocycles. The van der Waals surface area contributed by atoms with Crippen molar-refractivity contribution in [3.05, 3.63) is 98.6 Å². The lowest BCUT2D eigenvalue weighted by Gasteiger charge is -2.21. The van der Waals surface area contributed by atoms with E-state index in [1.54, 1.807) is 39.0 Å². The Morgan fingerprint density at radius 1 is 0.970 bits per heavy atom. The second kappa shape index (κ2) is 9.92. The molecule has 2 N–H and O–H groups in total. The van der Waals surface area contributed by atoms with E-state index in [1.165, 1.54) is 12.1 Å². The van der Waals surface area contributed by atoms with E-state index in [-0.39, 0.29) is 11.6 Å². The zero-order chi connectivity index (χ0) is 24.2. The van der Waals surface area contributed by atoms with Crippen LogP contribution in [0.15, 0.2) is 66.7 Å².